The molecule has 0 saturated carbocycles. The molecule has 2 aliphatic rings. The Bertz CT molecular complexity index is 1140. The number of aromatic nitrogens is 3. The van der Waals surface area contributed by atoms with E-state index in [1.807, 2.05) is 11.8 Å². The predicted octanol–water partition coefficient (Wildman–Crippen LogP) is 3.36. The highest BCUT2D eigenvalue weighted by Gasteiger charge is 2.29. The van der Waals surface area contributed by atoms with Crippen LogP contribution in [0, 0.1) is 12.7 Å². The van der Waals surface area contributed by atoms with Crippen molar-refractivity contribution >= 4 is 11.9 Å². The first-order valence-corrected chi connectivity index (χ1v) is 11.7. The summed E-state index contributed by atoms with van der Waals surface area (Å²) in [6, 6.07) is 8.12. The van der Waals surface area contributed by atoms with Crippen LogP contribution in [-0.2, 0) is 11.2 Å². The third kappa shape index (κ3) is 5.09. The summed E-state index contributed by atoms with van der Waals surface area (Å²) >= 11 is 0. The molecule has 9 heteroatoms. The highest BCUT2D eigenvalue weighted by atomic mass is 19.1. The number of rotatable bonds is 5. The standard InChI is InChI=1S/C25H28FN5O3/c1-17-13-22(29-25(28-17)30-9-11-33-12-10-30)24(32)31-8-2-3-19(16-31)23-27-15-21(34-23)14-18-4-6-20(26)7-5-18/h4-7,13,15,19H,2-3,8-12,14,16H2,1H3. The highest BCUT2D eigenvalue weighted by molar-refractivity contribution is 5.92. The van der Waals surface area contributed by atoms with Gasteiger partial charge >= 0.3 is 0 Å². The van der Waals surface area contributed by atoms with Gasteiger partial charge in [-0.1, -0.05) is 12.1 Å². The van der Waals surface area contributed by atoms with Crippen molar-refractivity contribution in [2.45, 2.75) is 32.1 Å². The lowest BCUT2D eigenvalue weighted by Gasteiger charge is -2.31. The third-order valence-electron chi connectivity index (χ3n) is 6.28. The molecule has 2 aliphatic heterocycles. The molecule has 1 amide bonds. The van der Waals surface area contributed by atoms with E-state index in [2.05, 4.69) is 19.9 Å². The Morgan fingerprint density at radius 2 is 1.94 bits per heavy atom. The maximum absolute atomic E-state index is 13.3. The minimum absolute atomic E-state index is 0.0290. The van der Waals surface area contributed by atoms with Crippen LogP contribution < -0.4 is 4.90 Å². The lowest BCUT2D eigenvalue weighted by Crippen LogP contribution is -2.40. The van der Waals surface area contributed by atoms with Crippen LogP contribution >= 0.6 is 0 Å². The molecule has 0 radical (unpaired) electrons. The van der Waals surface area contributed by atoms with Gasteiger partial charge in [-0.15, -0.1) is 0 Å². The number of likely N-dealkylation sites (tertiary alicyclic amines) is 1. The summed E-state index contributed by atoms with van der Waals surface area (Å²) in [5, 5.41) is 0. The number of ether oxygens (including phenoxy) is 1. The van der Waals surface area contributed by atoms with E-state index in [1.54, 1.807) is 24.4 Å². The number of halogens is 1. The van der Waals surface area contributed by atoms with Gasteiger partial charge in [0.25, 0.3) is 5.91 Å². The summed E-state index contributed by atoms with van der Waals surface area (Å²) in [5.74, 6) is 1.63. The zero-order chi connectivity index (χ0) is 23.5. The van der Waals surface area contributed by atoms with Gasteiger partial charge in [-0.05, 0) is 43.5 Å². The minimum Gasteiger partial charge on any atom is -0.445 e. The van der Waals surface area contributed by atoms with Gasteiger partial charge in [0.05, 0.1) is 25.3 Å². The summed E-state index contributed by atoms with van der Waals surface area (Å²) in [5.41, 5.74) is 2.14. The Balaban J connectivity index is 1.27. The average Bonchev–Trinajstić information content (AvgIpc) is 3.34. The molecular weight excluding hydrogens is 437 g/mol. The fraction of sp³-hybridized carbons (Fsp3) is 0.440. The number of hydrogen-bond donors (Lipinski definition) is 0. The number of hydrogen-bond acceptors (Lipinski definition) is 7. The number of amides is 1. The Morgan fingerprint density at radius 3 is 2.74 bits per heavy atom. The largest absolute Gasteiger partial charge is 0.445 e. The molecule has 1 atom stereocenters. The van der Waals surface area contributed by atoms with Gasteiger partial charge in [-0.2, -0.15) is 0 Å². The summed E-state index contributed by atoms with van der Waals surface area (Å²) in [7, 11) is 0. The van der Waals surface area contributed by atoms with Crippen LogP contribution in [0.4, 0.5) is 10.3 Å². The van der Waals surface area contributed by atoms with Crippen molar-refractivity contribution in [2.24, 2.45) is 0 Å². The second-order valence-electron chi connectivity index (χ2n) is 8.85. The number of aryl methyl sites for hydroxylation is 1. The number of benzene rings is 1. The van der Waals surface area contributed by atoms with E-state index in [0.29, 0.717) is 63.3 Å². The van der Waals surface area contributed by atoms with Gasteiger partial charge in [0.1, 0.15) is 17.3 Å². The topological polar surface area (TPSA) is 84.6 Å². The van der Waals surface area contributed by atoms with Crippen LogP contribution in [0.2, 0.25) is 0 Å². The molecule has 4 heterocycles. The van der Waals surface area contributed by atoms with Crippen LogP contribution in [0.3, 0.4) is 0 Å². The Hall–Kier alpha value is -3.33. The predicted molar refractivity (Wildman–Crippen MR) is 123 cm³/mol. The van der Waals surface area contributed by atoms with Gasteiger partial charge in [0.2, 0.25) is 5.95 Å². The average molecular weight is 466 g/mol. The van der Waals surface area contributed by atoms with Crippen molar-refractivity contribution in [3.05, 3.63) is 70.9 Å². The molecule has 1 aromatic carbocycles. The van der Waals surface area contributed by atoms with Crippen molar-refractivity contribution in [1.82, 2.24) is 19.9 Å². The SMILES string of the molecule is Cc1cc(C(=O)N2CCCC(c3ncc(Cc4ccc(F)cc4)o3)C2)nc(N2CCOCC2)n1. The van der Waals surface area contributed by atoms with Gasteiger partial charge in [-0.3, -0.25) is 4.79 Å². The number of oxazole rings is 1. The van der Waals surface area contributed by atoms with Gasteiger partial charge in [0, 0.05) is 38.3 Å². The summed E-state index contributed by atoms with van der Waals surface area (Å²) in [4.78, 5) is 30.9. The first-order valence-electron chi connectivity index (χ1n) is 11.7. The summed E-state index contributed by atoms with van der Waals surface area (Å²) < 4.78 is 24.6. The third-order valence-corrected chi connectivity index (χ3v) is 6.28. The quantitative estimate of drug-likeness (QED) is 0.571. The molecule has 8 nitrogen and oxygen atoms in total. The lowest BCUT2D eigenvalue weighted by molar-refractivity contribution is 0.0691. The highest BCUT2D eigenvalue weighted by Crippen LogP contribution is 2.28. The summed E-state index contributed by atoms with van der Waals surface area (Å²) in [6.45, 7) is 5.79. The van der Waals surface area contributed by atoms with E-state index in [1.165, 1.54) is 12.1 Å². The van der Waals surface area contributed by atoms with Crippen LogP contribution in [0.25, 0.3) is 0 Å². The van der Waals surface area contributed by atoms with E-state index in [9.17, 15) is 9.18 Å². The minimum atomic E-state index is -0.259. The van der Waals surface area contributed by atoms with E-state index in [4.69, 9.17) is 9.15 Å². The van der Waals surface area contributed by atoms with E-state index in [-0.39, 0.29) is 17.6 Å². The van der Waals surface area contributed by atoms with Gasteiger partial charge in [-0.25, -0.2) is 19.3 Å². The van der Waals surface area contributed by atoms with E-state index < -0.39 is 0 Å². The molecule has 0 N–H and O–H groups in total. The lowest BCUT2D eigenvalue weighted by atomic mass is 9.97. The van der Waals surface area contributed by atoms with Crippen molar-refractivity contribution < 1.29 is 18.3 Å². The molecule has 0 spiro atoms. The van der Waals surface area contributed by atoms with Crippen LogP contribution in [0.1, 0.15) is 52.2 Å². The first kappa shape index (κ1) is 22.5. The Kier molecular flexibility index (Phi) is 6.53. The fourth-order valence-corrected chi connectivity index (χ4v) is 4.49. The van der Waals surface area contributed by atoms with E-state index >= 15 is 0 Å². The Morgan fingerprint density at radius 1 is 1.15 bits per heavy atom. The molecule has 0 aliphatic carbocycles. The molecule has 5 rings (SSSR count). The van der Waals surface area contributed by atoms with Crippen molar-refractivity contribution in [1.29, 1.82) is 0 Å². The molecule has 34 heavy (non-hydrogen) atoms. The van der Waals surface area contributed by atoms with Crippen molar-refractivity contribution in [2.75, 3.05) is 44.3 Å². The summed E-state index contributed by atoms with van der Waals surface area (Å²) in [6.07, 6.45) is 4.05. The monoisotopic (exact) mass is 465 g/mol. The van der Waals surface area contributed by atoms with E-state index in [0.717, 1.165) is 29.9 Å². The maximum atomic E-state index is 13.3. The van der Waals surface area contributed by atoms with Crippen LogP contribution in [-0.4, -0.2) is 65.2 Å². The van der Waals surface area contributed by atoms with Gasteiger partial charge < -0.3 is 19.0 Å². The molecule has 2 aromatic heterocycles. The number of piperidine rings is 1. The zero-order valence-corrected chi connectivity index (χ0v) is 19.2. The second kappa shape index (κ2) is 9.89. The molecule has 2 fully saturated rings. The van der Waals surface area contributed by atoms with Crippen molar-refractivity contribution in [3.8, 4) is 0 Å². The number of carbonyl (C=O) groups excluding carboxylic acids is 1. The van der Waals surface area contributed by atoms with Gasteiger partial charge in [0.15, 0.2) is 5.89 Å². The first-order chi connectivity index (χ1) is 16.5. The molecule has 178 valence electrons. The van der Waals surface area contributed by atoms with Crippen LogP contribution in [0.15, 0.2) is 40.9 Å². The zero-order valence-electron chi connectivity index (χ0n) is 19.2. The number of morpholine rings is 1. The normalized spacial score (nSPS) is 18.8. The second-order valence-corrected chi connectivity index (χ2v) is 8.85. The van der Waals surface area contributed by atoms with Crippen molar-refractivity contribution in [3.63, 3.8) is 0 Å². The molecule has 1 unspecified atom stereocenters. The fourth-order valence-electron chi connectivity index (χ4n) is 4.49. The maximum Gasteiger partial charge on any atom is 0.272 e. The van der Waals surface area contributed by atoms with Crippen LogP contribution in [0.5, 0.6) is 0 Å². The number of nitrogens with zero attached hydrogens (tertiary/aromatic N) is 5. The Labute approximate surface area is 197 Å². The number of carbonyl (C=O) groups is 1. The molecular formula is C25H28FN5O3. The number of anilines is 1. The smallest absolute Gasteiger partial charge is 0.272 e. The molecule has 2 saturated heterocycles. The molecule has 0 bridgehead atoms. The molecule has 3 aromatic rings.